The molecular formula is C11H18N4. The van der Waals surface area contributed by atoms with E-state index < -0.39 is 0 Å². The summed E-state index contributed by atoms with van der Waals surface area (Å²) in [7, 11) is 0. The first kappa shape index (κ1) is 10.5. The van der Waals surface area contributed by atoms with Crippen LogP contribution in [0.2, 0.25) is 0 Å². The molecule has 0 saturated heterocycles. The molecule has 3 N–H and O–H groups in total. The van der Waals surface area contributed by atoms with Crippen LogP contribution in [0.25, 0.3) is 0 Å². The highest BCUT2D eigenvalue weighted by atomic mass is 15.0. The molecule has 1 heterocycles. The minimum absolute atomic E-state index is 0.177. The van der Waals surface area contributed by atoms with Gasteiger partial charge in [0.05, 0.1) is 11.7 Å². The third-order valence-corrected chi connectivity index (χ3v) is 2.99. The maximum atomic E-state index is 5.76. The van der Waals surface area contributed by atoms with E-state index in [1.165, 1.54) is 25.7 Å². The van der Waals surface area contributed by atoms with Crippen LogP contribution in [0.3, 0.4) is 0 Å². The first-order valence-corrected chi connectivity index (χ1v) is 5.62. The van der Waals surface area contributed by atoms with Gasteiger partial charge in [0, 0.05) is 18.8 Å². The SMILES string of the molecule is NCC(NC1CCCC1)c1ccncn1. The van der Waals surface area contributed by atoms with Crippen molar-refractivity contribution in [1.29, 1.82) is 0 Å². The van der Waals surface area contributed by atoms with Gasteiger partial charge in [0.1, 0.15) is 6.33 Å². The number of hydrogen-bond acceptors (Lipinski definition) is 4. The van der Waals surface area contributed by atoms with Crippen LogP contribution in [0.1, 0.15) is 37.4 Å². The average Bonchev–Trinajstić information content (AvgIpc) is 2.80. The maximum absolute atomic E-state index is 5.76. The second-order valence-corrected chi connectivity index (χ2v) is 4.07. The molecular weight excluding hydrogens is 188 g/mol. The molecule has 0 radical (unpaired) electrons. The summed E-state index contributed by atoms with van der Waals surface area (Å²) in [5.74, 6) is 0. The standard InChI is InChI=1S/C11H18N4/c12-7-11(10-5-6-13-8-14-10)15-9-3-1-2-4-9/h5-6,8-9,11,15H,1-4,7,12H2. The summed E-state index contributed by atoms with van der Waals surface area (Å²) in [6.07, 6.45) is 8.54. The van der Waals surface area contributed by atoms with Gasteiger partial charge in [-0.1, -0.05) is 12.8 Å². The zero-order chi connectivity index (χ0) is 10.5. The first-order valence-electron chi connectivity index (χ1n) is 5.62. The fourth-order valence-corrected chi connectivity index (χ4v) is 2.16. The third-order valence-electron chi connectivity index (χ3n) is 2.99. The molecule has 1 aliphatic rings. The summed E-state index contributed by atoms with van der Waals surface area (Å²) in [4.78, 5) is 8.15. The Labute approximate surface area is 90.3 Å². The molecule has 1 fully saturated rings. The molecule has 15 heavy (non-hydrogen) atoms. The van der Waals surface area contributed by atoms with Gasteiger partial charge in [-0.25, -0.2) is 9.97 Å². The molecule has 0 bridgehead atoms. The quantitative estimate of drug-likeness (QED) is 0.771. The van der Waals surface area contributed by atoms with Crippen molar-refractivity contribution in [2.45, 2.75) is 37.8 Å². The summed E-state index contributed by atoms with van der Waals surface area (Å²) >= 11 is 0. The van der Waals surface area contributed by atoms with Crippen LogP contribution < -0.4 is 11.1 Å². The number of nitrogens with zero attached hydrogens (tertiary/aromatic N) is 2. The molecule has 0 aliphatic heterocycles. The molecule has 2 rings (SSSR count). The number of nitrogens with one attached hydrogen (secondary N) is 1. The molecule has 0 amide bonds. The van der Waals surface area contributed by atoms with Gasteiger partial charge in [-0.3, -0.25) is 0 Å². The molecule has 0 aromatic carbocycles. The van der Waals surface area contributed by atoms with E-state index in [0.717, 1.165) is 5.69 Å². The fourth-order valence-electron chi connectivity index (χ4n) is 2.16. The van der Waals surface area contributed by atoms with E-state index in [-0.39, 0.29) is 6.04 Å². The molecule has 1 saturated carbocycles. The monoisotopic (exact) mass is 206 g/mol. The molecule has 82 valence electrons. The predicted molar refractivity (Wildman–Crippen MR) is 59.2 cm³/mol. The molecule has 4 heteroatoms. The summed E-state index contributed by atoms with van der Waals surface area (Å²) in [6.45, 7) is 0.591. The van der Waals surface area contributed by atoms with Gasteiger partial charge in [-0.2, -0.15) is 0 Å². The Kier molecular flexibility index (Phi) is 3.64. The van der Waals surface area contributed by atoms with E-state index in [2.05, 4.69) is 15.3 Å². The smallest absolute Gasteiger partial charge is 0.115 e. The van der Waals surface area contributed by atoms with E-state index in [9.17, 15) is 0 Å². The highest BCUT2D eigenvalue weighted by molar-refractivity contribution is 5.05. The molecule has 4 nitrogen and oxygen atoms in total. The number of rotatable bonds is 4. The number of nitrogens with two attached hydrogens (primary N) is 1. The molecule has 1 aromatic heterocycles. The van der Waals surface area contributed by atoms with Crippen molar-refractivity contribution in [3.63, 3.8) is 0 Å². The summed E-state index contributed by atoms with van der Waals surface area (Å²) < 4.78 is 0. The van der Waals surface area contributed by atoms with Gasteiger partial charge in [-0.05, 0) is 18.9 Å². The van der Waals surface area contributed by atoms with Crippen LogP contribution in [0.15, 0.2) is 18.6 Å². The Morgan fingerprint density at radius 1 is 1.47 bits per heavy atom. The summed E-state index contributed by atoms with van der Waals surface area (Å²) in [6, 6.07) is 2.73. The maximum Gasteiger partial charge on any atom is 0.115 e. The van der Waals surface area contributed by atoms with Crippen molar-refractivity contribution in [2.75, 3.05) is 6.54 Å². The average molecular weight is 206 g/mol. The van der Waals surface area contributed by atoms with E-state index >= 15 is 0 Å². The van der Waals surface area contributed by atoms with Crippen molar-refractivity contribution in [2.24, 2.45) is 5.73 Å². The van der Waals surface area contributed by atoms with Crippen molar-refractivity contribution < 1.29 is 0 Å². The van der Waals surface area contributed by atoms with Gasteiger partial charge in [0.25, 0.3) is 0 Å². The van der Waals surface area contributed by atoms with Crippen LogP contribution in [0.5, 0.6) is 0 Å². The van der Waals surface area contributed by atoms with Crippen LogP contribution >= 0.6 is 0 Å². The van der Waals surface area contributed by atoms with E-state index in [4.69, 9.17) is 5.73 Å². The number of aromatic nitrogens is 2. The van der Waals surface area contributed by atoms with Crippen LogP contribution in [0, 0.1) is 0 Å². The minimum atomic E-state index is 0.177. The lowest BCUT2D eigenvalue weighted by molar-refractivity contribution is 0.437. The Morgan fingerprint density at radius 2 is 2.27 bits per heavy atom. The fraction of sp³-hybridized carbons (Fsp3) is 0.636. The second-order valence-electron chi connectivity index (χ2n) is 4.07. The lowest BCUT2D eigenvalue weighted by atomic mass is 10.1. The molecule has 1 aliphatic carbocycles. The largest absolute Gasteiger partial charge is 0.329 e. The van der Waals surface area contributed by atoms with E-state index in [1.807, 2.05) is 6.07 Å². The first-order chi connectivity index (χ1) is 7.40. The van der Waals surface area contributed by atoms with Crippen molar-refractivity contribution >= 4 is 0 Å². The Bertz CT molecular complexity index is 282. The van der Waals surface area contributed by atoms with E-state index in [0.29, 0.717) is 12.6 Å². The third kappa shape index (κ3) is 2.73. The Balaban J connectivity index is 1.97. The van der Waals surface area contributed by atoms with Crippen LogP contribution in [-0.2, 0) is 0 Å². The topological polar surface area (TPSA) is 63.8 Å². The Hall–Kier alpha value is -1.00. The van der Waals surface area contributed by atoms with Crippen molar-refractivity contribution in [3.8, 4) is 0 Å². The van der Waals surface area contributed by atoms with Gasteiger partial charge < -0.3 is 11.1 Å². The van der Waals surface area contributed by atoms with E-state index in [1.54, 1.807) is 12.5 Å². The van der Waals surface area contributed by atoms with Crippen LogP contribution in [-0.4, -0.2) is 22.6 Å². The summed E-state index contributed by atoms with van der Waals surface area (Å²) in [5, 5.41) is 3.57. The van der Waals surface area contributed by atoms with Gasteiger partial charge >= 0.3 is 0 Å². The van der Waals surface area contributed by atoms with Crippen LogP contribution in [0.4, 0.5) is 0 Å². The van der Waals surface area contributed by atoms with Crippen molar-refractivity contribution in [3.05, 3.63) is 24.3 Å². The highest BCUT2D eigenvalue weighted by Gasteiger charge is 2.19. The van der Waals surface area contributed by atoms with Gasteiger partial charge in [0.2, 0.25) is 0 Å². The zero-order valence-corrected chi connectivity index (χ0v) is 8.89. The second kappa shape index (κ2) is 5.19. The molecule has 1 aromatic rings. The highest BCUT2D eigenvalue weighted by Crippen LogP contribution is 2.20. The molecule has 0 spiro atoms. The normalized spacial score (nSPS) is 19.3. The molecule has 1 unspecified atom stereocenters. The molecule has 1 atom stereocenters. The lowest BCUT2D eigenvalue weighted by Gasteiger charge is -2.20. The predicted octanol–water partition coefficient (Wildman–Crippen LogP) is 1.01. The van der Waals surface area contributed by atoms with Gasteiger partial charge in [-0.15, -0.1) is 0 Å². The van der Waals surface area contributed by atoms with Crippen molar-refractivity contribution in [1.82, 2.24) is 15.3 Å². The van der Waals surface area contributed by atoms with Gasteiger partial charge in [0.15, 0.2) is 0 Å². The summed E-state index contributed by atoms with van der Waals surface area (Å²) in [5.41, 5.74) is 6.76. The lowest BCUT2D eigenvalue weighted by Crippen LogP contribution is -2.35. The Morgan fingerprint density at radius 3 is 2.87 bits per heavy atom. The minimum Gasteiger partial charge on any atom is -0.329 e. The zero-order valence-electron chi connectivity index (χ0n) is 8.89. The number of hydrogen-bond donors (Lipinski definition) is 2.